The maximum Gasteiger partial charge on any atom is 0.246 e. The van der Waals surface area contributed by atoms with Crippen LogP contribution in [0.2, 0.25) is 0 Å². The fourth-order valence-electron chi connectivity index (χ4n) is 1.71. The fourth-order valence-corrected chi connectivity index (χ4v) is 1.71. The Morgan fingerprint density at radius 1 is 1.41 bits per heavy atom. The molecule has 1 aliphatic carbocycles. The van der Waals surface area contributed by atoms with E-state index in [2.05, 4.69) is 17.1 Å². The van der Waals surface area contributed by atoms with Crippen molar-refractivity contribution in [3.05, 3.63) is 0 Å². The number of carbonyl (C=O) groups is 1. The average molecular weight is 242 g/mol. The van der Waals surface area contributed by atoms with Crippen LogP contribution in [-0.4, -0.2) is 48.7 Å². The van der Waals surface area contributed by atoms with E-state index in [0.717, 1.165) is 25.7 Å². The summed E-state index contributed by atoms with van der Waals surface area (Å²) < 4.78 is 5.41. The molecule has 0 aliphatic heterocycles. The van der Waals surface area contributed by atoms with Crippen LogP contribution in [0.3, 0.4) is 0 Å². The molecular weight excluding hydrogens is 216 g/mol. The minimum Gasteiger partial charge on any atom is -0.366 e. The van der Waals surface area contributed by atoms with Crippen LogP contribution in [0.4, 0.5) is 0 Å². The van der Waals surface area contributed by atoms with Crippen molar-refractivity contribution in [1.82, 2.24) is 10.2 Å². The third-order valence-corrected chi connectivity index (χ3v) is 2.83. The number of amides is 1. The number of hydrogen-bond acceptors (Lipinski definition) is 3. The molecule has 0 aromatic rings. The zero-order chi connectivity index (χ0) is 12.9. The molecule has 1 amide bonds. The zero-order valence-corrected chi connectivity index (χ0v) is 11.6. The van der Waals surface area contributed by atoms with E-state index in [1.807, 2.05) is 20.8 Å². The summed E-state index contributed by atoms with van der Waals surface area (Å²) in [6.45, 7) is 10.9. The smallest absolute Gasteiger partial charge is 0.246 e. The molecule has 100 valence electrons. The molecule has 0 aromatic heterocycles. The van der Waals surface area contributed by atoms with E-state index in [4.69, 9.17) is 4.74 Å². The van der Waals surface area contributed by atoms with Crippen LogP contribution in [0.1, 0.15) is 40.5 Å². The number of carbonyl (C=O) groups excluding carboxylic acids is 1. The number of ether oxygens (including phenoxy) is 1. The van der Waals surface area contributed by atoms with Crippen molar-refractivity contribution in [2.75, 3.05) is 26.2 Å². The van der Waals surface area contributed by atoms with E-state index in [-0.39, 0.29) is 18.1 Å². The first-order valence-electron chi connectivity index (χ1n) is 6.57. The second kappa shape index (κ2) is 6.36. The predicted octanol–water partition coefficient (Wildman–Crippen LogP) is 1.40. The lowest BCUT2D eigenvalue weighted by atomic mass is 10.2. The van der Waals surface area contributed by atoms with Gasteiger partial charge in [-0.3, -0.25) is 9.69 Å². The summed E-state index contributed by atoms with van der Waals surface area (Å²) in [6.07, 6.45) is 2.63. The maximum atomic E-state index is 11.5. The van der Waals surface area contributed by atoms with Gasteiger partial charge in [-0.2, -0.15) is 0 Å². The van der Waals surface area contributed by atoms with Crippen LogP contribution in [0.15, 0.2) is 0 Å². The topological polar surface area (TPSA) is 41.6 Å². The van der Waals surface area contributed by atoms with Gasteiger partial charge in [0.1, 0.15) is 6.61 Å². The molecule has 17 heavy (non-hydrogen) atoms. The first-order valence-corrected chi connectivity index (χ1v) is 6.57. The van der Waals surface area contributed by atoms with Crippen molar-refractivity contribution in [3.63, 3.8) is 0 Å². The maximum absolute atomic E-state index is 11.5. The van der Waals surface area contributed by atoms with Gasteiger partial charge in [-0.25, -0.2) is 0 Å². The van der Waals surface area contributed by atoms with Crippen molar-refractivity contribution in [1.29, 1.82) is 0 Å². The lowest BCUT2D eigenvalue weighted by Crippen LogP contribution is -2.38. The standard InChI is InChI=1S/C13H26N2O2/c1-5-15(11-6-7-11)9-8-14-12(16)10-17-13(2,3)4/h11H,5-10H2,1-4H3,(H,14,16). The number of likely N-dealkylation sites (N-methyl/N-ethyl adjacent to an activating group) is 1. The van der Waals surface area contributed by atoms with Gasteiger partial charge >= 0.3 is 0 Å². The Balaban J connectivity index is 2.07. The van der Waals surface area contributed by atoms with E-state index in [1.54, 1.807) is 0 Å². The Hall–Kier alpha value is -0.610. The third kappa shape index (κ3) is 6.64. The molecule has 1 N–H and O–H groups in total. The summed E-state index contributed by atoms with van der Waals surface area (Å²) in [7, 11) is 0. The Bertz CT molecular complexity index is 244. The van der Waals surface area contributed by atoms with Gasteiger partial charge in [-0.1, -0.05) is 6.92 Å². The van der Waals surface area contributed by atoms with Gasteiger partial charge in [0.2, 0.25) is 5.91 Å². The van der Waals surface area contributed by atoms with Gasteiger partial charge in [0.05, 0.1) is 5.60 Å². The third-order valence-electron chi connectivity index (χ3n) is 2.83. The molecule has 0 heterocycles. The molecule has 0 spiro atoms. The van der Waals surface area contributed by atoms with E-state index >= 15 is 0 Å². The van der Waals surface area contributed by atoms with Crippen LogP contribution in [-0.2, 0) is 9.53 Å². The van der Waals surface area contributed by atoms with Gasteiger partial charge < -0.3 is 10.1 Å². The van der Waals surface area contributed by atoms with Gasteiger partial charge in [-0.15, -0.1) is 0 Å². The molecule has 1 fully saturated rings. The highest BCUT2D eigenvalue weighted by Gasteiger charge is 2.27. The molecule has 0 aromatic carbocycles. The predicted molar refractivity (Wildman–Crippen MR) is 69.0 cm³/mol. The Kier molecular flexibility index (Phi) is 5.40. The number of rotatable bonds is 7. The Morgan fingerprint density at radius 3 is 2.53 bits per heavy atom. The number of hydrogen-bond donors (Lipinski definition) is 1. The minimum absolute atomic E-state index is 0.0215. The summed E-state index contributed by atoms with van der Waals surface area (Å²) in [5, 5.41) is 2.90. The largest absolute Gasteiger partial charge is 0.366 e. The first-order chi connectivity index (χ1) is 7.92. The first kappa shape index (κ1) is 14.5. The monoisotopic (exact) mass is 242 g/mol. The van der Waals surface area contributed by atoms with Crippen LogP contribution in [0, 0.1) is 0 Å². The summed E-state index contributed by atoms with van der Waals surface area (Å²) in [4.78, 5) is 13.9. The zero-order valence-electron chi connectivity index (χ0n) is 11.6. The highest BCUT2D eigenvalue weighted by atomic mass is 16.5. The van der Waals surface area contributed by atoms with Gasteiger partial charge in [0.15, 0.2) is 0 Å². The molecular formula is C13H26N2O2. The van der Waals surface area contributed by atoms with Crippen LogP contribution in [0.25, 0.3) is 0 Å². The molecule has 1 saturated carbocycles. The molecule has 0 saturated heterocycles. The number of nitrogens with one attached hydrogen (secondary N) is 1. The molecule has 4 nitrogen and oxygen atoms in total. The summed E-state index contributed by atoms with van der Waals surface area (Å²) >= 11 is 0. The molecule has 1 aliphatic rings. The van der Waals surface area contributed by atoms with Gasteiger partial charge in [0, 0.05) is 19.1 Å². The van der Waals surface area contributed by atoms with Crippen LogP contribution in [0.5, 0.6) is 0 Å². The van der Waals surface area contributed by atoms with Crippen LogP contribution < -0.4 is 5.32 Å². The lowest BCUT2D eigenvalue weighted by molar-refractivity contribution is -0.130. The summed E-state index contributed by atoms with van der Waals surface area (Å²) in [6, 6.07) is 0.766. The van der Waals surface area contributed by atoms with Crippen molar-refractivity contribution < 1.29 is 9.53 Å². The molecule has 0 bridgehead atoms. The van der Waals surface area contributed by atoms with Crippen molar-refractivity contribution >= 4 is 5.91 Å². The number of nitrogens with zero attached hydrogens (tertiary/aromatic N) is 1. The minimum atomic E-state index is -0.249. The lowest BCUT2D eigenvalue weighted by Gasteiger charge is -2.21. The van der Waals surface area contributed by atoms with E-state index < -0.39 is 0 Å². The highest BCUT2D eigenvalue weighted by Crippen LogP contribution is 2.25. The van der Waals surface area contributed by atoms with E-state index in [0.29, 0.717) is 0 Å². The summed E-state index contributed by atoms with van der Waals surface area (Å²) in [5.41, 5.74) is -0.249. The SMILES string of the molecule is CCN(CCNC(=O)COC(C)(C)C)C1CC1. The molecule has 0 atom stereocenters. The molecule has 4 heteroatoms. The van der Waals surface area contributed by atoms with Gasteiger partial charge in [0.25, 0.3) is 0 Å². The van der Waals surface area contributed by atoms with E-state index in [1.165, 1.54) is 12.8 Å². The van der Waals surface area contributed by atoms with E-state index in [9.17, 15) is 4.79 Å². The second-order valence-electron chi connectivity index (χ2n) is 5.61. The summed E-state index contributed by atoms with van der Waals surface area (Å²) in [5.74, 6) is -0.0215. The normalized spacial score (nSPS) is 16.3. The second-order valence-corrected chi connectivity index (χ2v) is 5.61. The Morgan fingerprint density at radius 2 is 2.06 bits per heavy atom. The van der Waals surface area contributed by atoms with Crippen molar-refractivity contribution in [2.24, 2.45) is 0 Å². The quantitative estimate of drug-likeness (QED) is 0.734. The highest BCUT2D eigenvalue weighted by molar-refractivity contribution is 5.77. The van der Waals surface area contributed by atoms with Crippen LogP contribution >= 0.6 is 0 Å². The van der Waals surface area contributed by atoms with Gasteiger partial charge in [-0.05, 0) is 40.2 Å². The fraction of sp³-hybridized carbons (Fsp3) is 0.923. The average Bonchev–Trinajstić information content (AvgIpc) is 3.04. The molecule has 1 rings (SSSR count). The molecule has 0 unspecified atom stereocenters. The Labute approximate surface area is 105 Å². The van der Waals surface area contributed by atoms with Crippen molar-refractivity contribution in [2.45, 2.75) is 52.2 Å². The van der Waals surface area contributed by atoms with Crippen molar-refractivity contribution in [3.8, 4) is 0 Å². The molecule has 0 radical (unpaired) electrons.